The molecule has 0 bridgehead atoms. The van der Waals surface area contributed by atoms with Crippen molar-refractivity contribution in [2.45, 2.75) is 12.8 Å². The number of benzene rings is 1. The Bertz CT molecular complexity index is 517. The summed E-state index contributed by atoms with van der Waals surface area (Å²) in [6.45, 7) is 0.455. The normalized spacial score (nSPS) is 14.1. The number of nitrogens with zero attached hydrogens (tertiary/aromatic N) is 1. The van der Waals surface area contributed by atoms with Crippen LogP contribution in [-0.2, 0) is 9.59 Å². The molecule has 7 heteroatoms. The molecule has 20 heavy (non-hydrogen) atoms. The Morgan fingerprint density at radius 2 is 1.90 bits per heavy atom. The second-order valence-electron chi connectivity index (χ2n) is 4.32. The van der Waals surface area contributed by atoms with Crippen LogP contribution in [0.3, 0.4) is 0 Å². The fourth-order valence-electron chi connectivity index (χ4n) is 1.94. The zero-order valence-corrected chi connectivity index (χ0v) is 11.6. The van der Waals surface area contributed by atoms with E-state index in [0.717, 1.165) is 0 Å². The predicted octanol–water partition coefficient (Wildman–Crippen LogP) is 0.569. The average molecular weight is 298 g/mol. The third-order valence-corrected chi connectivity index (χ3v) is 2.92. The molecule has 1 aliphatic heterocycles. The largest absolute Gasteiger partial charge is 0.399 e. The summed E-state index contributed by atoms with van der Waals surface area (Å²) < 4.78 is 0. The molecule has 0 radical (unpaired) electrons. The van der Waals surface area contributed by atoms with Gasteiger partial charge in [0.25, 0.3) is 5.91 Å². The van der Waals surface area contributed by atoms with Gasteiger partial charge in [-0.25, -0.2) is 0 Å². The summed E-state index contributed by atoms with van der Waals surface area (Å²) in [5.74, 6) is -0.627. The summed E-state index contributed by atoms with van der Waals surface area (Å²) in [6, 6.07) is 6.61. The van der Waals surface area contributed by atoms with Crippen molar-refractivity contribution in [3.8, 4) is 0 Å². The lowest BCUT2D eigenvalue weighted by atomic mass is 10.2. The molecular weight excluding hydrogens is 282 g/mol. The fraction of sp³-hybridized carbons (Fsp3) is 0.308. The highest BCUT2D eigenvalue weighted by Gasteiger charge is 2.28. The van der Waals surface area contributed by atoms with E-state index in [-0.39, 0.29) is 56.1 Å². The number of rotatable bonds is 4. The van der Waals surface area contributed by atoms with Gasteiger partial charge in [-0.15, -0.1) is 12.4 Å². The third-order valence-electron chi connectivity index (χ3n) is 2.92. The lowest BCUT2D eigenvalue weighted by molar-refractivity contribution is -0.138. The summed E-state index contributed by atoms with van der Waals surface area (Å²) in [6.07, 6.45) is 0.532. The molecule has 1 heterocycles. The van der Waals surface area contributed by atoms with Crippen molar-refractivity contribution >= 4 is 35.8 Å². The number of nitrogens with one attached hydrogen (secondary N) is 1. The summed E-state index contributed by atoms with van der Waals surface area (Å²) in [4.78, 5) is 35.7. The van der Waals surface area contributed by atoms with E-state index < -0.39 is 0 Å². The number of halogens is 1. The second kappa shape index (κ2) is 6.91. The number of nitrogen functional groups attached to an aromatic ring is 1. The zero-order chi connectivity index (χ0) is 13.8. The van der Waals surface area contributed by atoms with E-state index in [0.29, 0.717) is 11.3 Å². The number of hydrogen-bond acceptors (Lipinski definition) is 4. The van der Waals surface area contributed by atoms with Crippen LogP contribution in [0.25, 0.3) is 0 Å². The first-order valence-electron chi connectivity index (χ1n) is 6.05. The summed E-state index contributed by atoms with van der Waals surface area (Å²) in [7, 11) is 0. The van der Waals surface area contributed by atoms with Crippen LogP contribution in [-0.4, -0.2) is 35.7 Å². The van der Waals surface area contributed by atoms with E-state index in [4.69, 9.17) is 5.73 Å². The minimum absolute atomic E-state index is 0. The molecule has 0 atom stereocenters. The van der Waals surface area contributed by atoms with Crippen LogP contribution in [0.5, 0.6) is 0 Å². The molecule has 1 fully saturated rings. The van der Waals surface area contributed by atoms with Crippen molar-refractivity contribution in [2.24, 2.45) is 0 Å². The quantitative estimate of drug-likeness (QED) is 0.628. The first kappa shape index (κ1) is 16.0. The highest BCUT2D eigenvalue weighted by Crippen LogP contribution is 2.10. The Hall–Kier alpha value is -2.08. The van der Waals surface area contributed by atoms with Gasteiger partial charge in [0, 0.05) is 37.2 Å². The predicted molar refractivity (Wildman–Crippen MR) is 76.4 cm³/mol. The second-order valence-corrected chi connectivity index (χ2v) is 4.32. The minimum atomic E-state index is -0.272. The Balaban J connectivity index is 0.00000200. The van der Waals surface area contributed by atoms with Gasteiger partial charge in [-0.05, 0) is 18.2 Å². The number of carbonyl (C=O) groups is 3. The molecule has 0 unspecified atom stereocenters. The van der Waals surface area contributed by atoms with Crippen LogP contribution in [0.15, 0.2) is 24.3 Å². The summed E-state index contributed by atoms with van der Waals surface area (Å²) in [5, 5.41) is 2.65. The molecule has 0 saturated carbocycles. The molecule has 108 valence electrons. The van der Waals surface area contributed by atoms with Crippen molar-refractivity contribution in [3.05, 3.63) is 29.8 Å². The molecule has 0 spiro atoms. The smallest absolute Gasteiger partial charge is 0.251 e. The Morgan fingerprint density at radius 1 is 1.25 bits per heavy atom. The third kappa shape index (κ3) is 3.71. The number of nitrogens with two attached hydrogens (primary N) is 1. The number of hydrogen-bond donors (Lipinski definition) is 2. The topological polar surface area (TPSA) is 92.5 Å². The van der Waals surface area contributed by atoms with E-state index in [1.165, 1.54) is 4.90 Å². The van der Waals surface area contributed by atoms with Crippen LogP contribution in [0.2, 0.25) is 0 Å². The summed E-state index contributed by atoms with van der Waals surface area (Å²) >= 11 is 0. The molecule has 2 rings (SSSR count). The van der Waals surface area contributed by atoms with Crippen LogP contribution in [0.1, 0.15) is 23.2 Å². The lowest BCUT2D eigenvalue weighted by Gasteiger charge is -2.14. The van der Waals surface area contributed by atoms with Crippen LogP contribution in [0, 0.1) is 0 Å². The van der Waals surface area contributed by atoms with Gasteiger partial charge >= 0.3 is 0 Å². The van der Waals surface area contributed by atoms with E-state index in [1.54, 1.807) is 24.3 Å². The van der Waals surface area contributed by atoms with Gasteiger partial charge in [0.1, 0.15) is 0 Å². The maximum atomic E-state index is 11.8. The molecule has 6 nitrogen and oxygen atoms in total. The molecule has 1 saturated heterocycles. The van der Waals surface area contributed by atoms with Crippen LogP contribution in [0.4, 0.5) is 5.69 Å². The Labute approximate surface area is 122 Å². The van der Waals surface area contributed by atoms with Gasteiger partial charge in [-0.1, -0.05) is 6.07 Å². The standard InChI is InChI=1S/C13H15N3O3.ClH/c14-10-3-1-2-9(8-10)13(19)15-6-7-16-11(17)4-5-12(16)18;/h1-3,8H,4-7,14H2,(H,15,19);1H. The van der Waals surface area contributed by atoms with Gasteiger partial charge < -0.3 is 11.1 Å². The Kier molecular flexibility index (Phi) is 5.52. The first-order valence-corrected chi connectivity index (χ1v) is 6.05. The number of amides is 3. The molecule has 3 amide bonds. The van der Waals surface area contributed by atoms with Crippen LogP contribution < -0.4 is 11.1 Å². The molecule has 0 aromatic heterocycles. The number of imide groups is 1. The highest BCUT2D eigenvalue weighted by molar-refractivity contribution is 6.02. The molecule has 0 aliphatic carbocycles. The van der Waals surface area contributed by atoms with Gasteiger partial charge in [0.05, 0.1) is 0 Å². The fourth-order valence-corrected chi connectivity index (χ4v) is 1.94. The minimum Gasteiger partial charge on any atom is -0.399 e. The number of anilines is 1. The van der Waals surface area contributed by atoms with Crippen molar-refractivity contribution in [3.63, 3.8) is 0 Å². The lowest BCUT2D eigenvalue weighted by Crippen LogP contribution is -2.37. The van der Waals surface area contributed by atoms with Gasteiger partial charge in [-0.2, -0.15) is 0 Å². The highest BCUT2D eigenvalue weighted by atomic mass is 35.5. The Morgan fingerprint density at radius 3 is 2.50 bits per heavy atom. The monoisotopic (exact) mass is 297 g/mol. The molecule has 3 N–H and O–H groups in total. The SMILES string of the molecule is Cl.Nc1cccc(C(=O)NCCN2C(=O)CCC2=O)c1. The van der Waals surface area contributed by atoms with Gasteiger partial charge in [-0.3, -0.25) is 19.3 Å². The maximum absolute atomic E-state index is 11.8. The average Bonchev–Trinajstić information content (AvgIpc) is 2.70. The van der Waals surface area contributed by atoms with E-state index in [9.17, 15) is 14.4 Å². The molecular formula is C13H16ClN3O3. The van der Waals surface area contributed by atoms with Crippen molar-refractivity contribution in [1.29, 1.82) is 0 Å². The number of carbonyl (C=O) groups excluding carboxylic acids is 3. The maximum Gasteiger partial charge on any atom is 0.251 e. The van der Waals surface area contributed by atoms with E-state index in [1.807, 2.05) is 0 Å². The van der Waals surface area contributed by atoms with Crippen molar-refractivity contribution in [2.75, 3.05) is 18.8 Å². The summed E-state index contributed by atoms with van der Waals surface area (Å²) in [5.41, 5.74) is 6.55. The van der Waals surface area contributed by atoms with Gasteiger partial charge in [0.2, 0.25) is 11.8 Å². The molecule has 1 aromatic rings. The van der Waals surface area contributed by atoms with E-state index >= 15 is 0 Å². The van der Waals surface area contributed by atoms with Crippen LogP contribution >= 0.6 is 12.4 Å². The molecule has 1 aromatic carbocycles. The van der Waals surface area contributed by atoms with Crippen molar-refractivity contribution < 1.29 is 14.4 Å². The van der Waals surface area contributed by atoms with Crippen molar-refractivity contribution in [1.82, 2.24) is 10.2 Å². The first-order chi connectivity index (χ1) is 9.08. The zero-order valence-electron chi connectivity index (χ0n) is 10.8. The molecule has 1 aliphatic rings. The number of likely N-dealkylation sites (tertiary alicyclic amines) is 1. The van der Waals surface area contributed by atoms with Gasteiger partial charge in [0.15, 0.2) is 0 Å². The van der Waals surface area contributed by atoms with E-state index in [2.05, 4.69) is 5.32 Å².